The van der Waals surface area contributed by atoms with Crippen molar-refractivity contribution < 1.29 is 27.4 Å². The second-order valence-corrected chi connectivity index (χ2v) is 14.7. The lowest BCUT2D eigenvalue weighted by Crippen LogP contribution is -2.55. The predicted octanol–water partition coefficient (Wildman–Crippen LogP) is 4.78. The van der Waals surface area contributed by atoms with Gasteiger partial charge in [-0.1, -0.05) is 0 Å². The number of nitrogens with zero attached hydrogens (tertiary/aromatic N) is 7. The van der Waals surface area contributed by atoms with Crippen molar-refractivity contribution in [2.45, 2.75) is 69.8 Å². The lowest BCUT2D eigenvalue weighted by Gasteiger charge is -2.43. The highest BCUT2D eigenvalue weighted by Crippen LogP contribution is 2.48. The molecule has 0 radical (unpaired) electrons. The fourth-order valence-electron chi connectivity index (χ4n) is 8.18. The van der Waals surface area contributed by atoms with E-state index >= 15 is 4.39 Å². The number of rotatable bonds is 8. The number of nitriles is 1. The zero-order valence-corrected chi connectivity index (χ0v) is 28.3. The van der Waals surface area contributed by atoms with Crippen molar-refractivity contribution in [3.63, 3.8) is 0 Å². The summed E-state index contributed by atoms with van der Waals surface area (Å²) in [5.41, 5.74) is 7.67. The summed E-state index contributed by atoms with van der Waals surface area (Å²) in [6.07, 6.45) is 2.38. The van der Waals surface area contributed by atoms with E-state index in [4.69, 9.17) is 24.9 Å². The van der Waals surface area contributed by atoms with Crippen LogP contribution in [0.2, 0.25) is 0 Å². The number of alkyl halides is 1. The van der Waals surface area contributed by atoms with E-state index in [1.807, 2.05) is 11.9 Å². The van der Waals surface area contributed by atoms with E-state index in [1.54, 1.807) is 7.11 Å². The molecule has 3 aromatic heterocycles. The first-order chi connectivity index (χ1) is 23.7. The van der Waals surface area contributed by atoms with Crippen LogP contribution >= 0.6 is 11.3 Å². The topological polar surface area (TPSA) is 126 Å². The molecule has 8 rings (SSSR count). The van der Waals surface area contributed by atoms with Gasteiger partial charge in [0.25, 0.3) is 0 Å². The van der Waals surface area contributed by atoms with Crippen molar-refractivity contribution in [1.82, 2.24) is 24.8 Å². The summed E-state index contributed by atoms with van der Waals surface area (Å²) in [4.78, 5) is 20.6. The third kappa shape index (κ3) is 5.36. The Labute approximate surface area is 285 Å². The number of likely N-dealkylation sites (N-methyl/N-ethyl adjacent to an activating group) is 1. The zero-order valence-electron chi connectivity index (χ0n) is 27.5. The molecule has 3 fully saturated rings. The van der Waals surface area contributed by atoms with Crippen molar-refractivity contribution in [3.8, 4) is 23.3 Å². The van der Waals surface area contributed by atoms with Gasteiger partial charge >= 0.3 is 6.01 Å². The van der Waals surface area contributed by atoms with Crippen LogP contribution in [0.4, 0.5) is 24.0 Å². The third-order valence-corrected chi connectivity index (χ3v) is 11.6. The number of benzene rings is 1. The number of piperazine rings is 1. The number of nitrogens with two attached hydrogens (primary N) is 1. The average molecular weight is 695 g/mol. The molecule has 15 heteroatoms. The number of methoxy groups -OCH3 is 1. The molecule has 0 saturated carbocycles. The highest BCUT2D eigenvalue weighted by atomic mass is 32.1. The fraction of sp³-hybridized carbons (Fsp3) is 0.529. The van der Waals surface area contributed by atoms with Crippen molar-refractivity contribution >= 4 is 43.1 Å². The maximum absolute atomic E-state index is 17.4. The molecular formula is C34H37F3N8O3S. The molecule has 0 aliphatic carbocycles. The summed E-state index contributed by atoms with van der Waals surface area (Å²) in [7, 11) is 3.56. The minimum Gasteiger partial charge on any atom is -0.462 e. The molecule has 0 spiro atoms. The zero-order chi connectivity index (χ0) is 34.1. The van der Waals surface area contributed by atoms with E-state index in [0.29, 0.717) is 29.7 Å². The molecule has 1 aromatic carbocycles. The lowest BCUT2D eigenvalue weighted by molar-refractivity contribution is 0.0687. The number of hydrogen-bond donors (Lipinski definition) is 1. The molecule has 4 aliphatic rings. The highest BCUT2D eigenvalue weighted by molar-refractivity contribution is 7.23. The van der Waals surface area contributed by atoms with Crippen molar-refractivity contribution in [3.05, 3.63) is 34.5 Å². The Hall–Kier alpha value is -3.81. The first kappa shape index (κ1) is 32.4. The SMILES string of the molecule is CO[C@H](C)CN1CC2CCC(C1)N2c1nc(OC[C@@H]2C[C@@H](F)CN2C)nc2c(F)c(-c3ncc(F)c4sc(N)c(C#N)c34)c3c(c12)COC3. The Morgan fingerprint density at radius 3 is 2.59 bits per heavy atom. The van der Waals surface area contributed by atoms with Crippen molar-refractivity contribution in [1.29, 1.82) is 5.26 Å². The summed E-state index contributed by atoms with van der Waals surface area (Å²) in [6.45, 7) is 5.17. The number of aromatic nitrogens is 3. The van der Waals surface area contributed by atoms with Crippen LogP contribution in [0, 0.1) is 23.0 Å². The second-order valence-electron chi connectivity index (χ2n) is 13.6. The summed E-state index contributed by atoms with van der Waals surface area (Å²) < 4.78 is 64.4. The number of hydrogen-bond acceptors (Lipinski definition) is 12. The summed E-state index contributed by atoms with van der Waals surface area (Å²) >= 11 is 0.928. The van der Waals surface area contributed by atoms with Gasteiger partial charge in [-0.05, 0) is 44.4 Å². The van der Waals surface area contributed by atoms with Gasteiger partial charge in [0.05, 0.1) is 46.9 Å². The summed E-state index contributed by atoms with van der Waals surface area (Å²) in [5.74, 6) is -0.756. The molecule has 2 bridgehead atoms. The van der Waals surface area contributed by atoms with E-state index in [9.17, 15) is 14.0 Å². The van der Waals surface area contributed by atoms with Crippen LogP contribution in [-0.2, 0) is 22.7 Å². The van der Waals surface area contributed by atoms with Crippen molar-refractivity contribution in [2.75, 3.05) is 57.6 Å². The first-order valence-electron chi connectivity index (χ1n) is 16.6. The predicted molar refractivity (Wildman–Crippen MR) is 179 cm³/mol. The van der Waals surface area contributed by atoms with Crippen LogP contribution in [-0.4, -0.2) is 102 Å². The van der Waals surface area contributed by atoms with E-state index < -0.39 is 17.8 Å². The molecule has 258 valence electrons. The third-order valence-electron chi connectivity index (χ3n) is 10.6. The fourth-order valence-corrected chi connectivity index (χ4v) is 9.10. The maximum atomic E-state index is 17.4. The number of fused-ring (bicyclic) bond motifs is 6. The Balaban J connectivity index is 1.31. The van der Waals surface area contributed by atoms with Gasteiger partial charge in [0.1, 0.15) is 35.2 Å². The van der Waals surface area contributed by atoms with E-state index in [0.717, 1.165) is 55.6 Å². The minimum absolute atomic E-state index is 0.00791. The van der Waals surface area contributed by atoms with Gasteiger partial charge in [-0.2, -0.15) is 15.2 Å². The smallest absolute Gasteiger partial charge is 0.319 e. The quantitative estimate of drug-likeness (QED) is 0.274. The molecule has 5 atom stereocenters. The van der Waals surface area contributed by atoms with Gasteiger partial charge in [-0.15, -0.1) is 11.3 Å². The monoisotopic (exact) mass is 694 g/mol. The number of thiophene rings is 1. The number of anilines is 2. The molecule has 4 aromatic rings. The standard InChI is InChI=1S/C34H37F3N8O3S/c1-16(46-3)9-44-11-18-4-5-19(12-44)45(18)33-27-23-15-47-14-22(23)25(29-26-21(7-38)32(39)49-31(26)24(36)8-40-29)28(37)30(27)41-34(42-33)48-13-20-6-17(35)10-43(20)2/h8,16-20H,4-6,9-15,39H2,1-3H3/t16-,17-,18?,19?,20+/m1/s1. The van der Waals surface area contributed by atoms with E-state index in [-0.39, 0.29) is 87.5 Å². The molecular weight excluding hydrogens is 657 g/mol. The Bertz CT molecular complexity index is 1990. The largest absolute Gasteiger partial charge is 0.462 e. The molecule has 11 nitrogen and oxygen atoms in total. The minimum atomic E-state index is -0.952. The van der Waals surface area contributed by atoms with Gasteiger partial charge in [0, 0.05) is 62.4 Å². The number of likely N-dealkylation sites (tertiary alicyclic amines) is 2. The first-order valence-corrected chi connectivity index (χ1v) is 17.4. The van der Waals surface area contributed by atoms with Gasteiger partial charge in [0.2, 0.25) is 0 Å². The lowest BCUT2D eigenvalue weighted by atomic mass is 9.93. The van der Waals surface area contributed by atoms with Crippen LogP contribution in [0.5, 0.6) is 6.01 Å². The Morgan fingerprint density at radius 1 is 1.14 bits per heavy atom. The van der Waals surface area contributed by atoms with Gasteiger partial charge < -0.3 is 24.8 Å². The summed E-state index contributed by atoms with van der Waals surface area (Å²) in [5, 5.41) is 10.8. The second kappa shape index (κ2) is 12.5. The van der Waals surface area contributed by atoms with Gasteiger partial charge in [0.15, 0.2) is 11.6 Å². The van der Waals surface area contributed by atoms with Crippen LogP contribution in [0.15, 0.2) is 6.20 Å². The van der Waals surface area contributed by atoms with Crippen molar-refractivity contribution in [2.24, 2.45) is 0 Å². The highest BCUT2D eigenvalue weighted by Gasteiger charge is 2.43. The van der Waals surface area contributed by atoms with Gasteiger partial charge in [-0.3, -0.25) is 14.8 Å². The molecule has 0 amide bonds. The van der Waals surface area contributed by atoms with Gasteiger partial charge in [-0.25, -0.2) is 13.2 Å². The number of pyridine rings is 1. The number of halogens is 3. The van der Waals surface area contributed by atoms with Crippen LogP contribution in [0.1, 0.15) is 42.9 Å². The molecule has 7 heterocycles. The molecule has 2 N–H and O–H groups in total. The number of nitrogen functional groups attached to an aromatic ring is 1. The average Bonchev–Trinajstić information content (AvgIpc) is 3.84. The van der Waals surface area contributed by atoms with Crippen LogP contribution in [0.3, 0.4) is 0 Å². The Morgan fingerprint density at radius 2 is 1.90 bits per heavy atom. The van der Waals surface area contributed by atoms with E-state index in [2.05, 4.69) is 32.8 Å². The molecule has 49 heavy (non-hydrogen) atoms. The van der Waals surface area contributed by atoms with Crippen LogP contribution in [0.25, 0.3) is 32.2 Å². The maximum Gasteiger partial charge on any atom is 0.319 e. The molecule has 2 unspecified atom stereocenters. The summed E-state index contributed by atoms with van der Waals surface area (Å²) in [6, 6.07) is 2.11. The normalized spacial score (nSPS) is 24.6. The van der Waals surface area contributed by atoms with E-state index in [1.165, 1.54) is 0 Å². The molecule has 3 saturated heterocycles. The van der Waals surface area contributed by atoms with Crippen LogP contribution < -0.4 is 15.4 Å². The molecule has 4 aliphatic heterocycles. The Kier molecular flexibility index (Phi) is 8.27. The number of ether oxygens (including phenoxy) is 3.